The zero-order valence-corrected chi connectivity index (χ0v) is 12.5. The van der Waals surface area contributed by atoms with Gasteiger partial charge in [0.1, 0.15) is 5.82 Å². The Kier molecular flexibility index (Phi) is 5.63. The number of hydrogen-bond donors (Lipinski definition) is 2. The van der Waals surface area contributed by atoms with E-state index in [-0.39, 0.29) is 30.7 Å². The number of rotatable bonds is 6. The molecule has 0 saturated carbocycles. The summed E-state index contributed by atoms with van der Waals surface area (Å²) in [7, 11) is 0. The van der Waals surface area contributed by atoms with Gasteiger partial charge in [0.25, 0.3) is 5.91 Å². The summed E-state index contributed by atoms with van der Waals surface area (Å²) in [4.78, 5) is 23.5. The molecule has 0 spiro atoms. The van der Waals surface area contributed by atoms with Gasteiger partial charge in [0.2, 0.25) is 5.91 Å². The smallest absolute Gasteiger partial charge is 0.251 e. The summed E-state index contributed by atoms with van der Waals surface area (Å²) in [5, 5.41) is 5.32. The van der Waals surface area contributed by atoms with Crippen molar-refractivity contribution in [2.75, 3.05) is 0 Å². The van der Waals surface area contributed by atoms with E-state index in [4.69, 9.17) is 0 Å². The minimum Gasteiger partial charge on any atom is -0.348 e. The topological polar surface area (TPSA) is 58.2 Å². The van der Waals surface area contributed by atoms with Crippen molar-refractivity contribution in [3.05, 3.63) is 83.7 Å². The Hall–Kier alpha value is -2.95. The Morgan fingerprint density at radius 1 is 0.957 bits per heavy atom. The molecule has 2 aromatic rings. The van der Waals surface area contributed by atoms with Crippen LogP contribution in [-0.2, 0) is 17.9 Å². The van der Waals surface area contributed by atoms with Gasteiger partial charge in [0.15, 0.2) is 0 Å². The van der Waals surface area contributed by atoms with Crippen LogP contribution < -0.4 is 10.6 Å². The van der Waals surface area contributed by atoms with Gasteiger partial charge in [-0.3, -0.25) is 9.59 Å². The van der Waals surface area contributed by atoms with Gasteiger partial charge in [-0.25, -0.2) is 4.39 Å². The highest BCUT2D eigenvalue weighted by atomic mass is 19.1. The first kappa shape index (κ1) is 16.4. The van der Waals surface area contributed by atoms with Gasteiger partial charge >= 0.3 is 0 Å². The van der Waals surface area contributed by atoms with Crippen LogP contribution in [0.25, 0.3) is 0 Å². The highest BCUT2D eigenvalue weighted by molar-refractivity contribution is 5.96. The van der Waals surface area contributed by atoms with Crippen molar-refractivity contribution in [1.29, 1.82) is 0 Å². The lowest BCUT2D eigenvalue weighted by Crippen LogP contribution is -2.27. The molecule has 0 bridgehead atoms. The SMILES string of the molecule is C=CC(=O)NCc1ccccc1C(=O)NCc1ccccc1F. The monoisotopic (exact) mass is 312 g/mol. The zero-order chi connectivity index (χ0) is 16.7. The Morgan fingerprint density at radius 3 is 2.26 bits per heavy atom. The standard InChI is InChI=1S/C18H17FN2O2/c1-2-17(22)20-11-13-7-3-5-9-15(13)18(23)21-12-14-8-4-6-10-16(14)19/h2-10H,1,11-12H2,(H,20,22)(H,21,23). The average molecular weight is 312 g/mol. The molecule has 0 radical (unpaired) electrons. The molecule has 0 atom stereocenters. The van der Waals surface area contributed by atoms with E-state index < -0.39 is 0 Å². The van der Waals surface area contributed by atoms with Crippen LogP contribution in [0.4, 0.5) is 4.39 Å². The number of hydrogen-bond acceptors (Lipinski definition) is 2. The molecule has 0 aromatic heterocycles. The van der Waals surface area contributed by atoms with Crippen molar-refractivity contribution in [1.82, 2.24) is 10.6 Å². The first-order valence-electron chi connectivity index (χ1n) is 7.11. The fourth-order valence-electron chi connectivity index (χ4n) is 2.06. The van der Waals surface area contributed by atoms with E-state index in [0.717, 1.165) is 0 Å². The van der Waals surface area contributed by atoms with Crippen LogP contribution in [0.5, 0.6) is 0 Å². The van der Waals surface area contributed by atoms with Crippen molar-refractivity contribution in [2.24, 2.45) is 0 Å². The summed E-state index contributed by atoms with van der Waals surface area (Å²) in [5.41, 5.74) is 1.53. The van der Waals surface area contributed by atoms with E-state index in [2.05, 4.69) is 17.2 Å². The fourth-order valence-corrected chi connectivity index (χ4v) is 2.06. The van der Waals surface area contributed by atoms with Gasteiger partial charge in [-0.15, -0.1) is 0 Å². The molecule has 0 fully saturated rings. The lowest BCUT2D eigenvalue weighted by molar-refractivity contribution is -0.116. The van der Waals surface area contributed by atoms with E-state index in [9.17, 15) is 14.0 Å². The third kappa shape index (κ3) is 4.51. The third-order valence-electron chi connectivity index (χ3n) is 3.30. The van der Waals surface area contributed by atoms with E-state index >= 15 is 0 Å². The van der Waals surface area contributed by atoms with Crippen LogP contribution in [0.1, 0.15) is 21.5 Å². The molecule has 0 aliphatic rings. The van der Waals surface area contributed by atoms with Crippen LogP contribution in [0.3, 0.4) is 0 Å². The summed E-state index contributed by atoms with van der Waals surface area (Å²) in [6.45, 7) is 3.69. The molecular weight excluding hydrogens is 295 g/mol. The molecule has 0 aliphatic carbocycles. The van der Waals surface area contributed by atoms with Gasteiger partial charge in [0.05, 0.1) is 0 Å². The van der Waals surface area contributed by atoms with Crippen LogP contribution in [0.15, 0.2) is 61.2 Å². The van der Waals surface area contributed by atoms with E-state index in [1.807, 2.05) is 0 Å². The highest BCUT2D eigenvalue weighted by Gasteiger charge is 2.11. The first-order chi connectivity index (χ1) is 11.1. The quantitative estimate of drug-likeness (QED) is 0.805. The maximum atomic E-state index is 13.6. The Morgan fingerprint density at radius 2 is 1.57 bits per heavy atom. The number of carbonyl (C=O) groups excluding carboxylic acids is 2. The van der Waals surface area contributed by atoms with Gasteiger partial charge in [-0.2, -0.15) is 0 Å². The lowest BCUT2D eigenvalue weighted by atomic mass is 10.1. The maximum Gasteiger partial charge on any atom is 0.251 e. The minimum atomic E-state index is -0.362. The molecule has 2 N–H and O–H groups in total. The Balaban J connectivity index is 2.06. The average Bonchev–Trinajstić information content (AvgIpc) is 2.59. The Labute approximate surface area is 134 Å². The van der Waals surface area contributed by atoms with Crippen LogP contribution in [0.2, 0.25) is 0 Å². The van der Waals surface area contributed by atoms with Gasteiger partial charge in [0, 0.05) is 24.2 Å². The molecule has 118 valence electrons. The molecule has 4 nitrogen and oxygen atoms in total. The highest BCUT2D eigenvalue weighted by Crippen LogP contribution is 2.10. The number of benzene rings is 2. The number of amides is 2. The van der Waals surface area contributed by atoms with Crippen molar-refractivity contribution < 1.29 is 14.0 Å². The summed E-state index contributed by atoms with van der Waals surface area (Å²) in [6.07, 6.45) is 1.17. The molecule has 5 heteroatoms. The van der Waals surface area contributed by atoms with Crippen molar-refractivity contribution in [3.63, 3.8) is 0 Å². The van der Waals surface area contributed by atoms with Crippen LogP contribution in [0, 0.1) is 5.82 Å². The Bertz CT molecular complexity index is 728. The molecule has 2 amide bonds. The lowest BCUT2D eigenvalue weighted by Gasteiger charge is -2.11. The second kappa shape index (κ2) is 7.89. The molecular formula is C18H17FN2O2. The predicted octanol–water partition coefficient (Wildman–Crippen LogP) is 2.56. The predicted molar refractivity (Wildman–Crippen MR) is 86.1 cm³/mol. The van der Waals surface area contributed by atoms with Crippen molar-refractivity contribution >= 4 is 11.8 Å². The molecule has 0 aliphatic heterocycles. The second-order valence-corrected chi connectivity index (χ2v) is 4.85. The van der Waals surface area contributed by atoms with E-state index in [1.165, 1.54) is 12.1 Å². The van der Waals surface area contributed by atoms with E-state index in [1.54, 1.807) is 42.5 Å². The zero-order valence-electron chi connectivity index (χ0n) is 12.5. The summed E-state index contributed by atoms with van der Waals surface area (Å²) in [5.74, 6) is -0.998. The van der Waals surface area contributed by atoms with Crippen molar-refractivity contribution in [2.45, 2.75) is 13.1 Å². The summed E-state index contributed by atoms with van der Waals surface area (Å²) >= 11 is 0. The number of carbonyl (C=O) groups is 2. The van der Waals surface area contributed by atoms with Crippen LogP contribution in [-0.4, -0.2) is 11.8 Å². The van der Waals surface area contributed by atoms with E-state index in [0.29, 0.717) is 16.7 Å². The van der Waals surface area contributed by atoms with Crippen molar-refractivity contribution in [3.8, 4) is 0 Å². The largest absolute Gasteiger partial charge is 0.348 e. The second-order valence-electron chi connectivity index (χ2n) is 4.85. The van der Waals surface area contributed by atoms with Crippen LogP contribution >= 0.6 is 0 Å². The van der Waals surface area contributed by atoms with Gasteiger partial charge in [-0.05, 0) is 23.8 Å². The molecule has 0 heterocycles. The fraction of sp³-hybridized carbons (Fsp3) is 0.111. The normalized spacial score (nSPS) is 9.96. The molecule has 2 aromatic carbocycles. The third-order valence-corrected chi connectivity index (χ3v) is 3.30. The van der Waals surface area contributed by atoms with Gasteiger partial charge in [-0.1, -0.05) is 43.0 Å². The number of nitrogens with one attached hydrogen (secondary N) is 2. The molecule has 0 saturated heterocycles. The molecule has 23 heavy (non-hydrogen) atoms. The minimum absolute atomic E-state index is 0.0961. The maximum absolute atomic E-state index is 13.6. The first-order valence-corrected chi connectivity index (χ1v) is 7.11. The summed E-state index contributed by atoms with van der Waals surface area (Å²) < 4.78 is 13.6. The number of halogens is 1. The molecule has 2 rings (SSSR count). The molecule has 0 unspecified atom stereocenters. The summed E-state index contributed by atoms with van der Waals surface area (Å²) in [6, 6.07) is 13.2. The van der Waals surface area contributed by atoms with Gasteiger partial charge < -0.3 is 10.6 Å².